The molecule has 1 aromatic heterocycles. The van der Waals surface area contributed by atoms with Gasteiger partial charge < -0.3 is 25.4 Å². The summed E-state index contributed by atoms with van der Waals surface area (Å²) in [4.78, 5) is 8.10. The number of ether oxygens (including phenoxy) is 1. The third kappa shape index (κ3) is 6.34. The molecule has 1 fully saturated rings. The minimum Gasteiger partial charge on any atom is -0.386 e. The number of aliphatic imine (C=N–C) groups is 1. The predicted octanol–water partition coefficient (Wildman–Crippen LogP) is 4.14. The Kier molecular flexibility index (Phi) is 9.58. The Balaban J connectivity index is 0.00000289. The molecular weight excluding hydrogens is 535 g/mol. The number of thiophene rings is 1. The number of hydrogen-bond acceptors (Lipinski definition) is 5. The molecule has 0 bridgehead atoms. The molecule has 8 heteroatoms. The van der Waals surface area contributed by atoms with Crippen LogP contribution in [0, 0.1) is 0 Å². The van der Waals surface area contributed by atoms with Crippen LogP contribution in [0.4, 0.5) is 5.69 Å². The SMILES string of the molecule is CCNC(=NCc1ccccc1N1CCOCC1)NCC(O)c1cc2ccccc2s1.I. The summed E-state index contributed by atoms with van der Waals surface area (Å²) in [6.07, 6.45) is -0.582. The zero-order chi connectivity index (χ0) is 21.5. The van der Waals surface area contributed by atoms with Gasteiger partial charge in [-0.3, -0.25) is 0 Å². The van der Waals surface area contributed by atoms with Crippen LogP contribution in [0.2, 0.25) is 0 Å². The number of aliphatic hydroxyl groups excluding tert-OH is 1. The van der Waals surface area contributed by atoms with Crippen molar-refractivity contribution >= 4 is 57.0 Å². The summed E-state index contributed by atoms with van der Waals surface area (Å²) in [7, 11) is 0. The Morgan fingerprint density at radius 3 is 2.66 bits per heavy atom. The zero-order valence-corrected chi connectivity index (χ0v) is 21.4. The van der Waals surface area contributed by atoms with E-state index in [4.69, 9.17) is 9.73 Å². The number of fused-ring (bicyclic) bond motifs is 1. The molecule has 1 atom stereocenters. The van der Waals surface area contributed by atoms with E-state index in [0.29, 0.717) is 19.0 Å². The molecule has 0 amide bonds. The molecule has 32 heavy (non-hydrogen) atoms. The highest BCUT2D eigenvalue weighted by molar-refractivity contribution is 14.0. The second-order valence-corrected chi connectivity index (χ2v) is 8.62. The van der Waals surface area contributed by atoms with E-state index >= 15 is 0 Å². The lowest BCUT2D eigenvalue weighted by molar-refractivity contribution is 0.122. The first-order valence-electron chi connectivity index (χ1n) is 10.8. The molecule has 1 aliphatic rings. The van der Waals surface area contributed by atoms with Crippen molar-refractivity contribution in [2.45, 2.75) is 19.6 Å². The van der Waals surface area contributed by atoms with E-state index in [1.807, 2.05) is 19.1 Å². The van der Waals surface area contributed by atoms with Crippen LogP contribution >= 0.6 is 35.3 Å². The van der Waals surface area contributed by atoms with Crippen molar-refractivity contribution < 1.29 is 9.84 Å². The summed E-state index contributed by atoms with van der Waals surface area (Å²) in [5.41, 5.74) is 2.40. The lowest BCUT2D eigenvalue weighted by atomic mass is 10.1. The molecule has 2 aromatic carbocycles. The average Bonchev–Trinajstić information content (AvgIpc) is 3.26. The van der Waals surface area contributed by atoms with E-state index in [0.717, 1.165) is 37.7 Å². The summed E-state index contributed by atoms with van der Waals surface area (Å²) >= 11 is 1.63. The molecule has 0 radical (unpaired) electrons. The molecule has 1 unspecified atom stereocenters. The van der Waals surface area contributed by atoms with Crippen LogP contribution in [-0.4, -0.2) is 50.5 Å². The van der Waals surface area contributed by atoms with Gasteiger partial charge in [0.25, 0.3) is 0 Å². The fraction of sp³-hybridized carbons (Fsp3) is 0.375. The monoisotopic (exact) mass is 566 g/mol. The summed E-state index contributed by atoms with van der Waals surface area (Å²) in [5.74, 6) is 0.708. The minimum absolute atomic E-state index is 0. The average molecular weight is 567 g/mol. The second-order valence-electron chi connectivity index (χ2n) is 7.51. The van der Waals surface area contributed by atoms with Crippen LogP contribution in [0.3, 0.4) is 0 Å². The van der Waals surface area contributed by atoms with Crippen molar-refractivity contribution in [3.63, 3.8) is 0 Å². The quantitative estimate of drug-likeness (QED) is 0.228. The van der Waals surface area contributed by atoms with Crippen LogP contribution in [-0.2, 0) is 11.3 Å². The maximum absolute atomic E-state index is 10.7. The third-order valence-corrected chi connectivity index (χ3v) is 6.55. The first-order valence-corrected chi connectivity index (χ1v) is 11.7. The van der Waals surface area contributed by atoms with E-state index in [9.17, 15) is 5.11 Å². The molecule has 0 saturated carbocycles. The van der Waals surface area contributed by atoms with Crippen LogP contribution in [0.1, 0.15) is 23.5 Å². The number of guanidine groups is 1. The number of nitrogens with zero attached hydrogens (tertiary/aromatic N) is 2. The Hall–Kier alpha value is -1.88. The van der Waals surface area contributed by atoms with Crippen molar-refractivity contribution in [3.8, 4) is 0 Å². The molecule has 2 heterocycles. The highest BCUT2D eigenvalue weighted by Gasteiger charge is 2.15. The normalized spacial score (nSPS) is 15.3. The highest BCUT2D eigenvalue weighted by atomic mass is 127. The molecular formula is C24H31IN4O2S. The predicted molar refractivity (Wildman–Crippen MR) is 144 cm³/mol. The Morgan fingerprint density at radius 2 is 1.88 bits per heavy atom. The van der Waals surface area contributed by atoms with Gasteiger partial charge in [0, 0.05) is 41.4 Å². The summed E-state index contributed by atoms with van der Waals surface area (Å²) < 4.78 is 6.68. The number of halogens is 1. The van der Waals surface area contributed by atoms with E-state index in [-0.39, 0.29) is 24.0 Å². The van der Waals surface area contributed by atoms with E-state index in [1.165, 1.54) is 21.3 Å². The number of aliphatic hydroxyl groups is 1. The fourth-order valence-electron chi connectivity index (χ4n) is 3.72. The first-order chi connectivity index (χ1) is 15.2. The molecule has 0 spiro atoms. The lowest BCUT2D eigenvalue weighted by Gasteiger charge is -2.30. The number of rotatable bonds is 7. The number of benzene rings is 2. The van der Waals surface area contributed by atoms with Crippen molar-refractivity contribution in [2.75, 3.05) is 44.3 Å². The highest BCUT2D eigenvalue weighted by Crippen LogP contribution is 2.29. The molecule has 6 nitrogen and oxygen atoms in total. The smallest absolute Gasteiger partial charge is 0.191 e. The van der Waals surface area contributed by atoms with Crippen molar-refractivity contribution in [1.29, 1.82) is 0 Å². The van der Waals surface area contributed by atoms with Crippen LogP contribution < -0.4 is 15.5 Å². The van der Waals surface area contributed by atoms with E-state index < -0.39 is 6.10 Å². The maximum Gasteiger partial charge on any atom is 0.191 e. The maximum atomic E-state index is 10.7. The largest absolute Gasteiger partial charge is 0.386 e. The zero-order valence-electron chi connectivity index (χ0n) is 18.3. The molecule has 3 aromatic rings. The van der Waals surface area contributed by atoms with Gasteiger partial charge in [-0.15, -0.1) is 35.3 Å². The Labute approximate surface area is 210 Å². The summed E-state index contributed by atoms with van der Waals surface area (Å²) in [5, 5.41) is 18.4. The van der Waals surface area contributed by atoms with Crippen molar-refractivity contribution in [3.05, 3.63) is 65.0 Å². The van der Waals surface area contributed by atoms with Gasteiger partial charge in [0.05, 0.1) is 19.8 Å². The molecule has 1 aliphatic heterocycles. The van der Waals surface area contributed by atoms with Crippen molar-refractivity contribution in [1.82, 2.24) is 10.6 Å². The summed E-state index contributed by atoms with van der Waals surface area (Å²) in [6, 6.07) is 18.7. The standard InChI is InChI=1S/C24H30N4O2S.HI/c1-2-25-24(27-17-21(29)23-15-18-7-4-6-10-22(18)31-23)26-16-19-8-3-5-9-20(19)28-11-13-30-14-12-28;/h3-10,15,21,29H,2,11-14,16-17H2,1H3,(H2,25,26,27);1H. The topological polar surface area (TPSA) is 69.1 Å². The number of anilines is 1. The molecule has 4 rings (SSSR count). The third-order valence-electron chi connectivity index (χ3n) is 5.33. The Bertz CT molecular complexity index is 987. The minimum atomic E-state index is -0.582. The van der Waals surface area contributed by atoms with Crippen LogP contribution in [0.25, 0.3) is 10.1 Å². The van der Waals surface area contributed by atoms with Gasteiger partial charge in [-0.05, 0) is 36.1 Å². The van der Waals surface area contributed by atoms with Gasteiger partial charge in [-0.1, -0.05) is 36.4 Å². The number of nitrogens with one attached hydrogen (secondary N) is 2. The van der Waals surface area contributed by atoms with Crippen LogP contribution in [0.5, 0.6) is 0 Å². The Morgan fingerprint density at radius 1 is 1.12 bits per heavy atom. The van der Waals surface area contributed by atoms with E-state index in [1.54, 1.807) is 11.3 Å². The lowest BCUT2D eigenvalue weighted by Crippen LogP contribution is -2.39. The number of hydrogen-bond donors (Lipinski definition) is 3. The first kappa shape index (κ1) is 24.8. The van der Waals surface area contributed by atoms with Gasteiger partial charge in [0.15, 0.2) is 5.96 Å². The molecule has 0 aliphatic carbocycles. The fourth-order valence-corrected chi connectivity index (χ4v) is 4.77. The van der Waals surface area contributed by atoms with E-state index in [2.05, 4.69) is 58.0 Å². The molecule has 172 valence electrons. The van der Waals surface area contributed by atoms with Gasteiger partial charge in [0.2, 0.25) is 0 Å². The number of morpholine rings is 1. The van der Waals surface area contributed by atoms with Gasteiger partial charge in [0.1, 0.15) is 6.10 Å². The van der Waals surface area contributed by atoms with Crippen LogP contribution in [0.15, 0.2) is 59.6 Å². The van der Waals surface area contributed by atoms with Crippen molar-refractivity contribution in [2.24, 2.45) is 4.99 Å². The molecule has 3 N–H and O–H groups in total. The van der Waals surface area contributed by atoms with Gasteiger partial charge in [-0.2, -0.15) is 0 Å². The van der Waals surface area contributed by atoms with Gasteiger partial charge in [-0.25, -0.2) is 4.99 Å². The summed E-state index contributed by atoms with van der Waals surface area (Å²) in [6.45, 7) is 7.11. The molecule has 1 saturated heterocycles. The number of para-hydroxylation sites is 1. The second kappa shape index (κ2) is 12.4. The van der Waals surface area contributed by atoms with Gasteiger partial charge >= 0.3 is 0 Å².